The summed E-state index contributed by atoms with van der Waals surface area (Å²) in [6.07, 6.45) is 1.72. The van der Waals surface area contributed by atoms with E-state index in [-0.39, 0.29) is 6.09 Å². The van der Waals surface area contributed by atoms with E-state index in [4.69, 9.17) is 10.5 Å². The number of anilines is 2. The molecule has 4 N–H and O–H groups in total. The smallest absolute Gasteiger partial charge is 0.410 e. The van der Waals surface area contributed by atoms with Crippen molar-refractivity contribution in [3.8, 4) is 0 Å². The molecule has 6 heteroatoms. The average molecular weight is 334 g/mol. The summed E-state index contributed by atoms with van der Waals surface area (Å²) < 4.78 is 5.42. The third kappa shape index (κ3) is 6.28. The molecular formula is C18H30N4O2. The van der Waals surface area contributed by atoms with E-state index in [2.05, 4.69) is 10.6 Å². The fourth-order valence-electron chi connectivity index (χ4n) is 2.68. The number of benzene rings is 1. The minimum absolute atomic E-state index is 0.203. The lowest BCUT2D eigenvalue weighted by Gasteiger charge is -2.33. The molecule has 1 heterocycles. The molecule has 0 atom stereocenters. The van der Waals surface area contributed by atoms with Gasteiger partial charge >= 0.3 is 6.09 Å². The second-order valence-corrected chi connectivity index (χ2v) is 7.24. The molecule has 1 aromatic rings. The molecule has 1 aromatic carbocycles. The fraction of sp³-hybridized carbons (Fsp3) is 0.611. The van der Waals surface area contributed by atoms with Gasteiger partial charge in [0.05, 0.1) is 0 Å². The second kappa shape index (κ2) is 8.24. The third-order valence-corrected chi connectivity index (χ3v) is 3.94. The molecule has 6 nitrogen and oxygen atoms in total. The Bertz CT molecular complexity index is 517. The predicted molar refractivity (Wildman–Crippen MR) is 98.2 cm³/mol. The summed E-state index contributed by atoms with van der Waals surface area (Å²) in [5.41, 5.74) is 7.09. The monoisotopic (exact) mass is 334 g/mol. The standard InChI is InChI=1S/C18H30N4O2/c1-18(2,3)24-17(23)22-12-8-16(9-13-22)21-11-10-20-15-6-4-14(19)5-7-15/h4-7,16,20-21H,8-13,19H2,1-3H3. The van der Waals surface area contributed by atoms with Crippen LogP contribution in [0.4, 0.5) is 16.2 Å². The van der Waals surface area contributed by atoms with Gasteiger partial charge < -0.3 is 26.0 Å². The van der Waals surface area contributed by atoms with Crippen molar-refractivity contribution < 1.29 is 9.53 Å². The summed E-state index contributed by atoms with van der Waals surface area (Å²) in [4.78, 5) is 13.8. The van der Waals surface area contributed by atoms with Gasteiger partial charge in [-0.3, -0.25) is 0 Å². The van der Waals surface area contributed by atoms with Crippen LogP contribution in [0.2, 0.25) is 0 Å². The van der Waals surface area contributed by atoms with E-state index in [1.165, 1.54) is 0 Å². The molecule has 0 aliphatic carbocycles. The number of rotatable bonds is 5. The Hall–Kier alpha value is -1.95. The van der Waals surface area contributed by atoms with Crippen LogP contribution in [0.25, 0.3) is 0 Å². The summed E-state index contributed by atoms with van der Waals surface area (Å²) in [7, 11) is 0. The van der Waals surface area contributed by atoms with E-state index in [1.54, 1.807) is 4.90 Å². The minimum Gasteiger partial charge on any atom is -0.444 e. The van der Waals surface area contributed by atoms with E-state index < -0.39 is 5.60 Å². The second-order valence-electron chi connectivity index (χ2n) is 7.24. The van der Waals surface area contributed by atoms with Crippen molar-refractivity contribution >= 4 is 17.5 Å². The first-order valence-electron chi connectivity index (χ1n) is 8.64. The summed E-state index contributed by atoms with van der Waals surface area (Å²) in [6.45, 7) is 8.93. The van der Waals surface area contributed by atoms with Gasteiger partial charge in [0.1, 0.15) is 5.60 Å². The van der Waals surface area contributed by atoms with Crippen molar-refractivity contribution in [1.82, 2.24) is 10.2 Å². The SMILES string of the molecule is CC(C)(C)OC(=O)N1CCC(NCCNc2ccc(N)cc2)CC1. The molecule has 1 fully saturated rings. The average Bonchev–Trinajstić information content (AvgIpc) is 2.52. The lowest BCUT2D eigenvalue weighted by Crippen LogP contribution is -2.47. The highest BCUT2D eigenvalue weighted by atomic mass is 16.6. The number of nitrogens with one attached hydrogen (secondary N) is 2. The van der Waals surface area contributed by atoms with Crippen molar-refractivity contribution in [2.75, 3.05) is 37.2 Å². The molecule has 1 saturated heterocycles. The van der Waals surface area contributed by atoms with Crippen molar-refractivity contribution in [3.63, 3.8) is 0 Å². The summed E-state index contributed by atoms with van der Waals surface area (Å²) in [6, 6.07) is 8.20. The van der Waals surface area contributed by atoms with Gasteiger partial charge in [0.2, 0.25) is 0 Å². The molecule has 0 bridgehead atoms. The van der Waals surface area contributed by atoms with Crippen LogP contribution in [0.1, 0.15) is 33.6 Å². The van der Waals surface area contributed by atoms with E-state index >= 15 is 0 Å². The number of ether oxygens (including phenoxy) is 1. The lowest BCUT2D eigenvalue weighted by molar-refractivity contribution is 0.0199. The number of nitrogens with zero attached hydrogens (tertiary/aromatic N) is 1. The molecule has 1 aliphatic rings. The summed E-state index contributed by atoms with van der Waals surface area (Å²) in [5, 5.41) is 6.91. The maximum Gasteiger partial charge on any atom is 0.410 e. The zero-order valence-electron chi connectivity index (χ0n) is 15.0. The van der Waals surface area contributed by atoms with Crippen LogP contribution >= 0.6 is 0 Å². The number of hydrogen-bond acceptors (Lipinski definition) is 5. The van der Waals surface area contributed by atoms with Crippen molar-refractivity contribution in [2.24, 2.45) is 0 Å². The van der Waals surface area contributed by atoms with E-state index in [1.807, 2.05) is 45.0 Å². The van der Waals surface area contributed by atoms with Crippen molar-refractivity contribution in [3.05, 3.63) is 24.3 Å². The van der Waals surface area contributed by atoms with E-state index in [9.17, 15) is 4.79 Å². The first-order chi connectivity index (χ1) is 11.3. The van der Waals surface area contributed by atoms with E-state index in [0.717, 1.165) is 50.4 Å². The molecule has 134 valence electrons. The number of nitrogens with two attached hydrogens (primary N) is 1. The van der Waals surface area contributed by atoms with Crippen molar-refractivity contribution in [1.29, 1.82) is 0 Å². The number of nitrogen functional groups attached to an aromatic ring is 1. The Labute approximate surface area is 144 Å². The molecule has 0 unspecified atom stereocenters. The highest BCUT2D eigenvalue weighted by Gasteiger charge is 2.26. The predicted octanol–water partition coefficient (Wildman–Crippen LogP) is 2.67. The molecule has 1 aliphatic heterocycles. The first-order valence-corrected chi connectivity index (χ1v) is 8.64. The van der Waals surface area contributed by atoms with Gasteiger partial charge in [0.15, 0.2) is 0 Å². The molecule has 0 spiro atoms. The van der Waals surface area contributed by atoms with Crippen molar-refractivity contribution in [2.45, 2.75) is 45.3 Å². The highest BCUT2D eigenvalue weighted by molar-refractivity contribution is 5.68. The molecule has 0 saturated carbocycles. The normalized spacial score (nSPS) is 16.0. The molecule has 24 heavy (non-hydrogen) atoms. The Balaban J connectivity index is 1.61. The molecule has 1 amide bonds. The Kier molecular flexibility index (Phi) is 6.31. The first kappa shape index (κ1) is 18.4. The zero-order valence-corrected chi connectivity index (χ0v) is 15.0. The van der Waals surface area contributed by atoms with Gasteiger partial charge in [0, 0.05) is 43.6 Å². The topological polar surface area (TPSA) is 79.6 Å². The fourth-order valence-corrected chi connectivity index (χ4v) is 2.68. The van der Waals surface area contributed by atoms with Gasteiger partial charge in [-0.2, -0.15) is 0 Å². The number of carbonyl (C=O) groups is 1. The molecule has 2 rings (SSSR count). The zero-order chi connectivity index (χ0) is 17.6. The van der Waals surface area contributed by atoms with Gasteiger partial charge in [-0.1, -0.05) is 0 Å². The van der Waals surface area contributed by atoms with Gasteiger partial charge in [-0.25, -0.2) is 4.79 Å². The summed E-state index contributed by atoms with van der Waals surface area (Å²) in [5.74, 6) is 0. The van der Waals surface area contributed by atoms with Gasteiger partial charge in [0.25, 0.3) is 0 Å². The van der Waals surface area contributed by atoms with Crippen LogP contribution in [0.5, 0.6) is 0 Å². The number of hydrogen-bond donors (Lipinski definition) is 3. The number of likely N-dealkylation sites (tertiary alicyclic amines) is 1. The lowest BCUT2D eigenvalue weighted by atomic mass is 10.1. The molecular weight excluding hydrogens is 304 g/mol. The number of piperidine rings is 1. The van der Waals surface area contributed by atoms with Crippen LogP contribution in [0.3, 0.4) is 0 Å². The Morgan fingerprint density at radius 2 is 1.83 bits per heavy atom. The van der Waals surface area contributed by atoms with E-state index in [0.29, 0.717) is 6.04 Å². The van der Waals surface area contributed by atoms with Crippen LogP contribution in [-0.2, 0) is 4.74 Å². The third-order valence-electron chi connectivity index (χ3n) is 3.94. The Morgan fingerprint density at radius 1 is 1.21 bits per heavy atom. The Morgan fingerprint density at radius 3 is 2.42 bits per heavy atom. The number of amides is 1. The minimum atomic E-state index is -0.431. The van der Waals surface area contributed by atoms with Gasteiger partial charge in [-0.15, -0.1) is 0 Å². The largest absolute Gasteiger partial charge is 0.444 e. The molecule has 0 aromatic heterocycles. The van der Waals surface area contributed by atoms with Crippen LogP contribution in [0, 0.1) is 0 Å². The highest BCUT2D eigenvalue weighted by Crippen LogP contribution is 2.15. The maximum absolute atomic E-state index is 12.0. The van der Waals surface area contributed by atoms with Crippen LogP contribution in [0.15, 0.2) is 24.3 Å². The van der Waals surface area contributed by atoms with Crippen LogP contribution in [-0.4, -0.2) is 48.8 Å². The van der Waals surface area contributed by atoms with Crippen LogP contribution < -0.4 is 16.4 Å². The molecule has 0 radical (unpaired) electrons. The number of carbonyl (C=O) groups excluding carboxylic acids is 1. The summed E-state index contributed by atoms with van der Waals surface area (Å²) >= 11 is 0. The van der Waals surface area contributed by atoms with Gasteiger partial charge in [-0.05, 0) is 57.9 Å². The maximum atomic E-state index is 12.0. The quantitative estimate of drug-likeness (QED) is 0.570.